The van der Waals surface area contributed by atoms with Gasteiger partial charge < -0.3 is 26.8 Å². The van der Waals surface area contributed by atoms with E-state index in [0.29, 0.717) is 0 Å². The van der Waals surface area contributed by atoms with Gasteiger partial charge >= 0.3 is 5.97 Å². The van der Waals surface area contributed by atoms with Crippen molar-refractivity contribution in [1.29, 1.82) is 0 Å². The Morgan fingerprint density at radius 3 is 2.08 bits per heavy atom. The molecule has 2 amide bonds. The number of nitrogens with two attached hydrogens (primary N) is 2. The number of aliphatic imine (C=N–C) groups is 1. The highest BCUT2D eigenvalue weighted by molar-refractivity contribution is 5.91. The van der Waals surface area contributed by atoms with E-state index < -0.39 is 35.3 Å². The molecular weight excluding hydrogens is 458 g/mol. The lowest BCUT2D eigenvalue weighted by Gasteiger charge is -2.26. The van der Waals surface area contributed by atoms with Gasteiger partial charge in [0.25, 0.3) is 0 Å². The van der Waals surface area contributed by atoms with E-state index >= 15 is 0 Å². The molecule has 2 aromatic rings. The van der Waals surface area contributed by atoms with E-state index in [-0.39, 0.29) is 18.9 Å². The summed E-state index contributed by atoms with van der Waals surface area (Å²) in [6.45, 7) is 5.05. The number of ether oxygens (including phenoxy) is 1. The third kappa shape index (κ3) is 9.14. The minimum Gasteiger partial charge on any atom is -0.467 e. The van der Waals surface area contributed by atoms with Gasteiger partial charge in [0.1, 0.15) is 12.1 Å². The van der Waals surface area contributed by atoms with E-state index in [0.717, 1.165) is 16.7 Å². The highest BCUT2D eigenvalue weighted by atomic mass is 16.5. The summed E-state index contributed by atoms with van der Waals surface area (Å²) in [5.41, 5.74) is 12.8. The van der Waals surface area contributed by atoms with Crippen LogP contribution in [0.4, 0.5) is 0 Å². The Kier molecular flexibility index (Phi) is 10.0. The van der Waals surface area contributed by atoms with Gasteiger partial charge in [-0.25, -0.2) is 9.79 Å². The molecule has 0 bridgehead atoms. The molecule has 2 rings (SSSR count). The van der Waals surface area contributed by atoms with Gasteiger partial charge in [-0.2, -0.15) is 0 Å². The second-order valence-electron chi connectivity index (χ2n) is 9.20. The molecule has 9 nitrogen and oxygen atoms in total. The summed E-state index contributed by atoms with van der Waals surface area (Å²) in [4.78, 5) is 41.3. The number of carbonyl (C=O) groups excluding carboxylic acids is 3. The Bertz CT molecular complexity index is 1140. The number of nitrogens with one attached hydrogen (secondary N) is 2. The molecule has 0 saturated heterocycles. The molecule has 0 radical (unpaired) electrons. The molecule has 0 spiro atoms. The van der Waals surface area contributed by atoms with Crippen LogP contribution in [0.15, 0.2) is 59.6 Å². The first-order chi connectivity index (χ1) is 17.0. The Morgan fingerprint density at radius 1 is 0.972 bits per heavy atom. The van der Waals surface area contributed by atoms with Gasteiger partial charge in [-0.1, -0.05) is 62.9 Å². The second kappa shape index (κ2) is 13.0. The number of nitrogens with zero attached hydrogens (tertiary/aromatic N) is 1. The number of hydrogen-bond donors (Lipinski definition) is 4. The van der Waals surface area contributed by atoms with Gasteiger partial charge in [0.05, 0.1) is 13.7 Å². The first kappa shape index (κ1) is 27.9. The van der Waals surface area contributed by atoms with Gasteiger partial charge in [0.2, 0.25) is 11.8 Å². The largest absolute Gasteiger partial charge is 0.467 e. The summed E-state index contributed by atoms with van der Waals surface area (Å²) in [6.07, 6.45) is 0.206. The maximum absolute atomic E-state index is 12.6. The summed E-state index contributed by atoms with van der Waals surface area (Å²) >= 11 is 0. The molecular formula is C27H33N5O4. The Labute approximate surface area is 211 Å². The summed E-state index contributed by atoms with van der Waals surface area (Å²) in [5, 5.41) is 5.13. The number of carbonyl (C=O) groups is 3. The quantitative estimate of drug-likeness (QED) is 0.188. The average molecular weight is 492 g/mol. The van der Waals surface area contributed by atoms with Gasteiger partial charge in [-0.3, -0.25) is 9.59 Å². The summed E-state index contributed by atoms with van der Waals surface area (Å²) in [5.74, 6) is 4.29. The first-order valence-electron chi connectivity index (χ1n) is 11.4. The van der Waals surface area contributed by atoms with Crippen LogP contribution in [0.25, 0.3) is 0 Å². The molecule has 0 unspecified atom stereocenters. The van der Waals surface area contributed by atoms with Crippen LogP contribution in [-0.4, -0.2) is 49.5 Å². The SMILES string of the molecule is COC(=O)[C@H](Cc1ccc(C#Cc2ccccc2)cc1)NC(=O)CNC(=O)[C@@H](N=C(N)N)C(C)(C)C. The number of amides is 2. The van der Waals surface area contributed by atoms with Crippen molar-refractivity contribution in [2.75, 3.05) is 13.7 Å². The zero-order chi connectivity index (χ0) is 26.7. The van der Waals surface area contributed by atoms with Crippen molar-refractivity contribution in [3.63, 3.8) is 0 Å². The lowest BCUT2D eigenvalue weighted by Crippen LogP contribution is -2.50. The van der Waals surface area contributed by atoms with Gasteiger partial charge in [-0.15, -0.1) is 0 Å². The fraction of sp³-hybridized carbons (Fsp3) is 0.333. The molecule has 0 aliphatic heterocycles. The zero-order valence-electron chi connectivity index (χ0n) is 21.0. The molecule has 0 aliphatic carbocycles. The number of rotatable bonds is 8. The number of benzene rings is 2. The monoisotopic (exact) mass is 491 g/mol. The number of hydrogen-bond acceptors (Lipinski definition) is 5. The van der Waals surface area contributed by atoms with Crippen LogP contribution < -0.4 is 22.1 Å². The molecule has 0 saturated carbocycles. The lowest BCUT2D eigenvalue weighted by atomic mass is 9.86. The topological polar surface area (TPSA) is 149 Å². The van der Waals surface area contributed by atoms with Crippen molar-refractivity contribution in [3.05, 3.63) is 71.3 Å². The van der Waals surface area contributed by atoms with Crippen molar-refractivity contribution in [3.8, 4) is 11.8 Å². The summed E-state index contributed by atoms with van der Waals surface area (Å²) < 4.78 is 4.84. The highest BCUT2D eigenvalue weighted by Gasteiger charge is 2.31. The molecule has 0 aromatic heterocycles. The van der Waals surface area contributed by atoms with E-state index in [4.69, 9.17) is 16.2 Å². The minimum atomic E-state index is -0.934. The predicted octanol–water partition coefficient (Wildman–Crippen LogP) is 1.09. The molecule has 9 heteroatoms. The van der Waals surface area contributed by atoms with E-state index in [1.165, 1.54) is 7.11 Å². The van der Waals surface area contributed by atoms with Crippen LogP contribution in [0.3, 0.4) is 0 Å². The molecule has 0 fully saturated rings. The fourth-order valence-corrected chi connectivity index (χ4v) is 3.27. The van der Waals surface area contributed by atoms with Gasteiger partial charge in [0.15, 0.2) is 5.96 Å². The minimum absolute atomic E-state index is 0.206. The Morgan fingerprint density at radius 2 is 1.56 bits per heavy atom. The van der Waals surface area contributed by atoms with Crippen LogP contribution >= 0.6 is 0 Å². The van der Waals surface area contributed by atoms with Gasteiger partial charge in [0, 0.05) is 17.5 Å². The summed E-state index contributed by atoms with van der Waals surface area (Å²) in [7, 11) is 1.24. The summed E-state index contributed by atoms with van der Waals surface area (Å²) in [6, 6.07) is 15.2. The van der Waals surface area contributed by atoms with Crippen LogP contribution in [-0.2, 0) is 25.5 Å². The number of esters is 1. The number of methoxy groups -OCH3 is 1. The van der Waals surface area contributed by atoms with Crippen molar-refractivity contribution in [2.45, 2.75) is 39.3 Å². The normalized spacial score (nSPS) is 12.2. The van der Waals surface area contributed by atoms with Crippen molar-refractivity contribution >= 4 is 23.7 Å². The zero-order valence-corrected chi connectivity index (χ0v) is 21.0. The standard InChI is InChI=1S/C27H33N5O4/c1-27(2,3)23(32-26(28)29)24(34)30-17-22(33)31-21(25(35)36-4)16-20-14-12-19(13-15-20)11-10-18-8-6-5-7-9-18/h5-9,12-15,21,23H,16-17H2,1-4H3,(H,30,34)(H,31,33)(H4,28,29,32)/t21-,23+/m0/s1. The first-order valence-corrected chi connectivity index (χ1v) is 11.4. The maximum atomic E-state index is 12.6. The van der Waals surface area contributed by atoms with Crippen LogP contribution in [0, 0.1) is 17.3 Å². The molecule has 0 aliphatic rings. The predicted molar refractivity (Wildman–Crippen MR) is 139 cm³/mol. The van der Waals surface area contributed by atoms with Crippen molar-refractivity contribution in [1.82, 2.24) is 10.6 Å². The molecule has 36 heavy (non-hydrogen) atoms. The average Bonchev–Trinajstić information content (AvgIpc) is 2.84. The smallest absolute Gasteiger partial charge is 0.328 e. The van der Waals surface area contributed by atoms with E-state index in [1.807, 2.05) is 54.6 Å². The van der Waals surface area contributed by atoms with Crippen LogP contribution in [0.5, 0.6) is 0 Å². The molecule has 2 atom stereocenters. The van der Waals surface area contributed by atoms with E-state index in [2.05, 4.69) is 27.5 Å². The Balaban J connectivity index is 2.01. The van der Waals surface area contributed by atoms with Crippen LogP contribution in [0.2, 0.25) is 0 Å². The third-order valence-electron chi connectivity index (χ3n) is 5.11. The van der Waals surface area contributed by atoms with E-state index in [1.54, 1.807) is 20.8 Å². The van der Waals surface area contributed by atoms with Crippen LogP contribution in [0.1, 0.15) is 37.5 Å². The molecule has 190 valence electrons. The molecule has 6 N–H and O–H groups in total. The molecule has 0 heterocycles. The van der Waals surface area contributed by atoms with Gasteiger partial charge in [-0.05, 0) is 35.2 Å². The fourth-order valence-electron chi connectivity index (χ4n) is 3.27. The maximum Gasteiger partial charge on any atom is 0.328 e. The lowest BCUT2D eigenvalue weighted by molar-refractivity contribution is -0.145. The molecule has 2 aromatic carbocycles. The van der Waals surface area contributed by atoms with E-state index in [9.17, 15) is 14.4 Å². The van der Waals surface area contributed by atoms with Crippen molar-refractivity contribution < 1.29 is 19.1 Å². The Hall–Kier alpha value is -4.32. The highest BCUT2D eigenvalue weighted by Crippen LogP contribution is 2.22. The second-order valence-corrected chi connectivity index (χ2v) is 9.20. The number of guanidine groups is 1. The van der Waals surface area contributed by atoms with Crippen molar-refractivity contribution in [2.24, 2.45) is 21.9 Å². The third-order valence-corrected chi connectivity index (χ3v) is 5.11.